The molecular weight excluding hydrogens is 250 g/mol. The lowest BCUT2D eigenvalue weighted by molar-refractivity contribution is 0.253. The van der Waals surface area contributed by atoms with Crippen molar-refractivity contribution in [1.29, 1.82) is 0 Å². The molecule has 0 aliphatic carbocycles. The molecule has 0 N–H and O–H groups in total. The van der Waals surface area contributed by atoms with Crippen LogP contribution >= 0.6 is 0 Å². The van der Waals surface area contributed by atoms with Gasteiger partial charge in [-0.05, 0) is 25.2 Å². The van der Waals surface area contributed by atoms with Crippen LogP contribution in [0.4, 0.5) is 0 Å². The van der Waals surface area contributed by atoms with Crippen LogP contribution in [0.3, 0.4) is 0 Å². The second kappa shape index (κ2) is 5.84. The molecule has 1 aromatic heterocycles. The Labute approximate surface area is 109 Å². The summed E-state index contributed by atoms with van der Waals surface area (Å²) in [6.07, 6.45) is 8.14. The molecule has 102 valence electrons. The molecule has 0 amide bonds. The van der Waals surface area contributed by atoms with Crippen LogP contribution in [-0.2, 0) is 16.6 Å². The first-order chi connectivity index (χ1) is 8.62. The van der Waals surface area contributed by atoms with E-state index in [0.717, 1.165) is 19.4 Å². The summed E-state index contributed by atoms with van der Waals surface area (Å²) < 4.78 is 27.6. The van der Waals surface area contributed by atoms with Crippen molar-refractivity contribution in [3.05, 3.63) is 18.7 Å². The quantitative estimate of drug-likeness (QED) is 0.812. The maximum atomic E-state index is 11.9. The van der Waals surface area contributed by atoms with E-state index >= 15 is 0 Å². The SMILES string of the molecule is CCCS(=O)(=O)N1CCC(Cn2ccnc2)CC1. The third-order valence-corrected chi connectivity index (χ3v) is 5.53. The van der Waals surface area contributed by atoms with Gasteiger partial charge >= 0.3 is 0 Å². The number of imidazole rings is 1. The van der Waals surface area contributed by atoms with Crippen molar-refractivity contribution in [1.82, 2.24) is 13.9 Å². The minimum absolute atomic E-state index is 0.277. The lowest BCUT2D eigenvalue weighted by Crippen LogP contribution is -2.40. The fraction of sp³-hybridized carbons (Fsp3) is 0.750. The molecule has 0 radical (unpaired) electrons. The van der Waals surface area contributed by atoms with E-state index in [1.807, 2.05) is 19.4 Å². The predicted octanol–water partition coefficient (Wildman–Crippen LogP) is 1.33. The average Bonchev–Trinajstić information content (AvgIpc) is 2.82. The van der Waals surface area contributed by atoms with Gasteiger partial charge in [0.25, 0.3) is 0 Å². The molecule has 5 nitrogen and oxygen atoms in total. The van der Waals surface area contributed by atoms with Crippen molar-refractivity contribution in [3.8, 4) is 0 Å². The van der Waals surface area contributed by atoms with Crippen molar-refractivity contribution < 1.29 is 8.42 Å². The normalized spacial score (nSPS) is 19.2. The Morgan fingerprint density at radius 1 is 1.33 bits per heavy atom. The smallest absolute Gasteiger partial charge is 0.214 e. The van der Waals surface area contributed by atoms with Gasteiger partial charge in [-0.25, -0.2) is 17.7 Å². The summed E-state index contributed by atoms with van der Waals surface area (Å²) in [5.41, 5.74) is 0. The Morgan fingerprint density at radius 2 is 2.06 bits per heavy atom. The van der Waals surface area contributed by atoms with Gasteiger partial charge in [0.15, 0.2) is 0 Å². The van der Waals surface area contributed by atoms with Crippen molar-refractivity contribution in [2.45, 2.75) is 32.7 Å². The maximum absolute atomic E-state index is 11.9. The fourth-order valence-corrected chi connectivity index (χ4v) is 3.99. The summed E-state index contributed by atoms with van der Waals surface area (Å²) in [4.78, 5) is 4.02. The van der Waals surface area contributed by atoms with Gasteiger partial charge in [-0.3, -0.25) is 0 Å². The zero-order valence-corrected chi connectivity index (χ0v) is 11.6. The number of aromatic nitrogens is 2. The molecule has 1 saturated heterocycles. The highest BCUT2D eigenvalue weighted by Gasteiger charge is 2.27. The van der Waals surface area contributed by atoms with Crippen LogP contribution in [0.15, 0.2) is 18.7 Å². The van der Waals surface area contributed by atoms with Crippen LogP contribution in [0.1, 0.15) is 26.2 Å². The number of piperidine rings is 1. The third-order valence-electron chi connectivity index (χ3n) is 3.46. The topological polar surface area (TPSA) is 55.2 Å². The van der Waals surface area contributed by atoms with E-state index in [2.05, 4.69) is 9.55 Å². The predicted molar refractivity (Wildman–Crippen MR) is 70.6 cm³/mol. The van der Waals surface area contributed by atoms with E-state index in [0.29, 0.717) is 25.4 Å². The molecule has 0 aromatic carbocycles. The Hall–Kier alpha value is -0.880. The zero-order chi connectivity index (χ0) is 13.0. The number of rotatable bonds is 5. The molecule has 2 rings (SSSR count). The molecule has 2 heterocycles. The summed E-state index contributed by atoms with van der Waals surface area (Å²) in [7, 11) is -3.00. The second-order valence-electron chi connectivity index (χ2n) is 4.92. The molecule has 1 fully saturated rings. The standard InChI is InChI=1S/C12H21N3O2S/c1-2-9-18(16,17)15-6-3-12(4-7-15)10-14-8-5-13-11-14/h5,8,11-12H,2-4,6-7,9-10H2,1H3. The monoisotopic (exact) mass is 271 g/mol. The van der Waals surface area contributed by atoms with Gasteiger partial charge in [0.1, 0.15) is 0 Å². The molecule has 1 aromatic rings. The van der Waals surface area contributed by atoms with Gasteiger partial charge in [0.2, 0.25) is 10.0 Å². The van der Waals surface area contributed by atoms with Crippen molar-refractivity contribution in [2.24, 2.45) is 5.92 Å². The summed E-state index contributed by atoms with van der Waals surface area (Å²) >= 11 is 0. The van der Waals surface area contributed by atoms with Gasteiger partial charge < -0.3 is 4.57 Å². The Balaban J connectivity index is 1.84. The largest absolute Gasteiger partial charge is 0.337 e. The summed E-state index contributed by atoms with van der Waals surface area (Å²) in [6, 6.07) is 0. The van der Waals surface area contributed by atoms with Crippen LogP contribution in [0.5, 0.6) is 0 Å². The molecule has 0 bridgehead atoms. The van der Waals surface area contributed by atoms with Gasteiger partial charge in [-0.1, -0.05) is 6.92 Å². The molecule has 18 heavy (non-hydrogen) atoms. The zero-order valence-electron chi connectivity index (χ0n) is 10.8. The number of sulfonamides is 1. The number of hydrogen-bond donors (Lipinski definition) is 0. The molecule has 0 saturated carbocycles. The molecular formula is C12H21N3O2S. The lowest BCUT2D eigenvalue weighted by Gasteiger charge is -2.31. The van der Waals surface area contributed by atoms with E-state index in [-0.39, 0.29) is 5.75 Å². The van der Waals surface area contributed by atoms with Gasteiger partial charge in [-0.15, -0.1) is 0 Å². The Kier molecular flexibility index (Phi) is 4.40. The van der Waals surface area contributed by atoms with Gasteiger partial charge in [0.05, 0.1) is 12.1 Å². The summed E-state index contributed by atoms with van der Waals surface area (Å²) in [5.74, 6) is 0.839. The molecule has 1 aliphatic rings. The number of hydrogen-bond acceptors (Lipinski definition) is 3. The van der Waals surface area contributed by atoms with E-state index in [9.17, 15) is 8.42 Å². The van der Waals surface area contributed by atoms with Crippen molar-refractivity contribution in [2.75, 3.05) is 18.8 Å². The lowest BCUT2D eigenvalue weighted by atomic mass is 9.98. The molecule has 6 heteroatoms. The minimum Gasteiger partial charge on any atom is -0.337 e. The second-order valence-corrected chi connectivity index (χ2v) is 7.01. The Bertz CT molecular complexity index is 448. The highest BCUT2D eigenvalue weighted by atomic mass is 32.2. The third kappa shape index (κ3) is 3.32. The molecule has 0 atom stereocenters. The Morgan fingerprint density at radius 3 is 2.61 bits per heavy atom. The number of nitrogens with zero attached hydrogens (tertiary/aromatic N) is 3. The average molecular weight is 271 g/mol. The molecule has 0 unspecified atom stereocenters. The van der Waals surface area contributed by atoms with E-state index in [4.69, 9.17) is 0 Å². The van der Waals surface area contributed by atoms with Crippen LogP contribution in [-0.4, -0.2) is 41.1 Å². The first-order valence-electron chi connectivity index (χ1n) is 6.55. The van der Waals surface area contributed by atoms with Crippen molar-refractivity contribution >= 4 is 10.0 Å². The van der Waals surface area contributed by atoms with E-state index in [1.165, 1.54) is 0 Å². The fourth-order valence-electron chi connectivity index (χ4n) is 2.45. The first kappa shape index (κ1) is 13.5. The van der Waals surface area contributed by atoms with Gasteiger partial charge in [0, 0.05) is 32.0 Å². The molecule has 1 aliphatic heterocycles. The first-order valence-corrected chi connectivity index (χ1v) is 8.16. The minimum atomic E-state index is -3.00. The summed E-state index contributed by atoms with van der Waals surface area (Å²) in [6.45, 7) is 4.19. The van der Waals surface area contributed by atoms with E-state index < -0.39 is 10.0 Å². The highest BCUT2D eigenvalue weighted by molar-refractivity contribution is 7.89. The van der Waals surface area contributed by atoms with Crippen LogP contribution < -0.4 is 0 Å². The molecule has 0 spiro atoms. The van der Waals surface area contributed by atoms with E-state index in [1.54, 1.807) is 10.5 Å². The highest BCUT2D eigenvalue weighted by Crippen LogP contribution is 2.21. The van der Waals surface area contributed by atoms with Crippen molar-refractivity contribution in [3.63, 3.8) is 0 Å². The van der Waals surface area contributed by atoms with Crippen LogP contribution in [0.25, 0.3) is 0 Å². The maximum Gasteiger partial charge on any atom is 0.214 e. The summed E-state index contributed by atoms with van der Waals surface area (Å²) in [5, 5.41) is 0. The van der Waals surface area contributed by atoms with Crippen LogP contribution in [0.2, 0.25) is 0 Å². The van der Waals surface area contributed by atoms with Crippen LogP contribution in [0, 0.1) is 5.92 Å². The van der Waals surface area contributed by atoms with Gasteiger partial charge in [-0.2, -0.15) is 0 Å².